The van der Waals surface area contributed by atoms with Gasteiger partial charge in [-0.1, -0.05) is 89.3 Å². The van der Waals surface area contributed by atoms with E-state index in [1.54, 1.807) is 6.07 Å². The summed E-state index contributed by atoms with van der Waals surface area (Å²) in [6.07, 6.45) is 16.4. The molecule has 9 nitrogen and oxygen atoms in total. The number of Topliss-reactive ketones (excluding diaryl/α,β-unsaturated/α-hetero) is 2. The number of fused-ring (bicyclic) bond motifs is 5. The number of aromatic hydroxyl groups is 1. The van der Waals surface area contributed by atoms with E-state index in [4.69, 9.17) is 10.5 Å². The molecule has 11 rings (SSSR count). The summed E-state index contributed by atoms with van der Waals surface area (Å²) in [6.45, 7) is 14.7. The van der Waals surface area contributed by atoms with Gasteiger partial charge in [0, 0.05) is 42.1 Å². The van der Waals surface area contributed by atoms with E-state index >= 15 is 9.59 Å². The molecule has 1 heterocycles. The number of aliphatic hydroxyl groups is 2. The number of phenolic OH excluding ortho intramolecular Hbond substituents is 1. The average molecular weight is 916 g/mol. The molecule has 9 aliphatic rings. The summed E-state index contributed by atoms with van der Waals surface area (Å²) in [4.78, 5) is 30.8. The Balaban J connectivity index is 1.02. The third kappa shape index (κ3) is 7.39. The summed E-state index contributed by atoms with van der Waals surface area (Å²) in [6, 6.07) is 14.0. The molecule has 1 saturated heterocycles. The standard InChI is InChI=1S/C58H81N3O6/c1-33(62)31-61-45-29-56(4)48(57(5)44-20-13-23-54(2,51(45)57)52(66)49(44)37-24-34(32-60-7)25-39(63)27-37)22-21-43-50(47(65)30-55(43,56)3)41(35-14-9-8-10-15-35)28-46(64)53-58(6,67-53)42-19-12-18-40(42)36-16-11-17-38(59)26-36/h11,13,16-17,20,24-27,33,35,40-42,44-46,48-49,51,53,60-64H,8-10,12,14-15,18-19,21-23,28-32,59H2,1-7H3/t33-,40-,41-,42+,44-,45-,46+,48-,49+,51-,53+,54-,55-,56-,57-,58+/m0/s1. The summed E-state index contributed by atoms with van der Waals surface area (Å²) in [5.41, 5.74) is 10.4. The highest BCUT2D eigenvalue weighted by molar-refractivity contribution is 6.01. The lowest BCUT2D eigenvalue weighted by molar-refractivity contribution is -0.206. The lowest BCUT2D eigenvalue weighted by atomic mass is 9.32. The van der Waals surface area contributed by atoms with Crippen molar-refractivity contribution in [3.05, 3.63) is 82.5 Å². The number of hydrogen-bond donors (Lipinski definition) is 6. The summed E-state index contributed by atoms with van der Waals surface area (Å²) in [7, 11) is 1.90. The van der Waals surface area contributed by atoms with Gasteiger partial charge in [0.25, 0.3) is 0 Å². The first kappa shape index (κ1) is 47.3. The number of phenols is 1. The molecule has 2 aromatic carbocycles. The predicted octanol–water partition coefficient (Wildman–Crippen LogP) is 9.69. The van der Waals surface area contributed by atoms with E-state index in [0.717, 1.165) is 86.6 Å². The average Bonchev–Trinajstić information content (AvgIpc) is 3.67. The largest absolute Gasteiger partial charge is 0.508 e. The van der Waals surface area contributed by atoms with Gasteiger partial charge < -0.3 is 36.4 Å². The zero-order chi connectivity index (χ0) is 47.4. The zero-order valence-electron chi connectivity index (χ0n) is 41.6. The second kappa shape index (κ2) is 17.2. The number of carbonyl (C=O) groups excluding carboxylic acids is 2. The summed E-state index contributed by atoms with van der Waals surface area (Å²) in [5, 5.41) is 41.6. The van der Waals surface area contributed by atoms with E-state index in [1.807, 2.05) is 26.1 Å². The molecule has 5 saturated carbocycles. The minimum Gasteiger partial charge on any atom is -0.508 e. The topological polar surface area (TPSA) is 157 Å². The second-order valence-electron chi connectivity index (χ2n) is 24.5. The van der Waals surface area contributed by atoms with Crippen LogP contribution in [0.15, 0.2) is 65.8 Å². The number of aliphatic hydroxyl groups excluding tert-OH is 2. The van der Waals surface area contributed by atoms with E-state index in [9.17, 15) is 15.3 Å². The highest BCUT2D eigenvalue weighted by Gasteiger charge is 2.74. The van der Waals surface area contributed by atoms with Crippen LogP contribution < -0.4 is 16.4 Å². The van der Waals surface area contributed by atoms with Crippen molar-refractivity contribution >= 4 is 17.3 Å². The van der Waals surface area contributed by atoms with E-state index in [-0.39, 0.29) is 64.0 Å². The van der Waals surface area contributed by atoms with Crippen LogP contribution >= 0.6 is 0 Å². The minimum atomic E-state index is -0.683. The van der Waals surface area contributed by atoms with Gasteiger partial charge in [0.15, 0.2) is 5.78 Å². The van der Waals surface area contributed by atoms with Gasteiger partial charge in [0.2, 0.25) is 0 Å². The number of allylic oxidation sites excluding steroid dienone is 4. The third-order valence-electron chi connectivity index (χ3n) is 20.8. The Kier molecular flexibility index (Phi) is 12.2. The molecule has 7 N–H and O–H groups in total. The number of anilines is 1. The molecule has 9 heteroatoms. The predicted molar refractivity (Wildman–Crippen MR) is 264 cm³/mol. The number of ketones is 2. The maximum absolute atomic E-state index is 15.4. The highest BCUT2D eigenvalue weighted by atomic mass is 16.6. The maximum atomic E-state index is 15.4. The van der Waals surface area contributed by atoms with Crippen LogP contribution in [0.2, 0.25) is 0 Å². The molecule has 16 atom stereocenters. The Morgan fingerprint density at radius 2 is 1.70 bits per heavy atom. The van der Waals surface area contributed by atoms with Crippen molar-refractivity contribution in [1.29, 1.82) is 0 Å². The van der Waals surface area contributed by atoms with Crippen molar-refractivity contribution in [2.24, 2.45) is 57.2 Å². The SMILES string of the molecule is CNCc1cc(O)cc([C@H]2C(=O)[C@@]3(C)CC=C[C@@H]2[C@@]2(C)[C@H]4CCC5=C([C@@H](C[C@@H](O)[C@H]6O[C@]6(C)[C@@H]6CCC[C@H]6c6cccc(N)c6)C6CCCCC6)C(=O)C[C@]5(C)[C@@]4(C)C[C@H](NC[C@H](C)O)[C@H]23)c1. The minimum absolute atomic E-state index is 0.00272. The molecule has 0 spiro atoms. The van der Waals surface area contributed by atoms with Gasteiger partial charge in [0.05, 0.1) is 23.7 Å². The summed E-state index contributed by atoms with van der Waals surface area (Å²) >= 11 is 0. The molecule has 6 fully saturated rings. The van der Waals surface area contributed by atoms with Gasteiger partial charge in [-0.25, -0.2) is 0 Å². The van der Waals surface area contributed by atoms with E-state index < -0.39 is 34.6 Å². The van der Waals surface area contributed by atoms with Gasteiger partial charge in [-0.15, -0.1) is 0 Å². The van der Waals surface area contributed by atoms with Crippen LogP contribution in [0.5, 0.6) is 5.75 Å². The normalized spacial score (nSPS) is 41.7. The quantitative estimate of drug-likeness (QED) is 0.0654. The molecule has 0 radical (unpaired) electrons. The fraction of sp³-hybridized carbons (Fsp3) is 0.690. The number of benzene rings is 2. The number of nitrogens with two attached hydrogens (primary N) is 1. The first-order valence-electron chi connectivity index (χ1n) is 26.5. The Labute approximate surface area is 400 Å². The van der Waals surface area contributed by atoms with E-state index in [0.29, 0.717) is 50.1 Å². The molecular weight excluding hydrogens is 835 g/mol. The first-order valence-corrected chi connectivity index (χ1v) is 26.5. The lowest BCUT2D eigenvalue weighted by Crippen LogP contribution is -2.72. The molecule has 0 aromatic heterocycles. The van der Waals surface area contributed by atoms with Crippen LogP contribution in [0, 0.1) is 57.2 Å². The molecule has 2 bridgehead atoms. The van der Waals surface area contributed by atoms with Crippen molar-refractivity contribution in [2.45, 2.75) is 180 Å². The molecular formula is C58H81N3O6. The van der Waals surface area contributed by atoms with Crippen molar-refractivity contribution in [1.82, 2.24) is 10.6 Å². The van der Waals surface area contributed by atoms with Crippen LogP contribution in [0.1, 0.15) is 160 Å². The number of nitrogens with one attached hydrogen (secondary N) is 2. The van der Waals surface area contributed by atoms with Crippen LogP contribution in [-0.2, 0) is 20.9 Å². The molecule has 364 valence electrons. The maximum Gasteiger partial charge on any atom is 0.160 e. The molecule has 0 amide bonds. The summed E-state index contributed by atoms with van der Waals surface area (Å²) < 4.78 is 6.70. The number of ether oxygens (including phenoxy) is 1. The Bertz CT molecular complexity index is 2320. The van der Waals surface area contributed by atoms with Gasteiger partial charge in [-0.3, -0.25) is 9.59 Å². The Hall–Kier alpha value is -3.34. The first-order chi connectivity index (χ1) is 31.9. The van der Waals surface area contributed by atoms with Crippen LogP contribution in [0.25, 0.3) is 0 Å². The lowest BCUT2D eigenvalue weighted by Gasteiger charge is -2.72. The number of nitrogen functional groups attached to an aromatic ring is 1. The Morgan fingerprint density at radius 1 is 0.925 bits per heavy atom. The second-order valence-corrected chi connectivity index (χ2v) is 24.5. The smallest absolute Gasteiger partial charge is 0.160 e. The van der Waals surface area contributed by atoms with Crippen molar-refractivity contribution in [3.8, 4) is 5.75 Å². The molecule has 2 aromatic rings. The van der Waals surface area contributed by atoms with Crippen molar-refractivity contribution in [2.75, 3.05) is 19.3 Å². The van der Waals surface area contributed by atoms with Crippen LogP contribution in [0.3, 0.4) is 0 Å². The van der Waals surface area contributed by atoms with Crippen LogP contribution in [0.4, 0.5) is 5.69 Å². The Morgan fingerprint density at radius 3 is 2.43 bits per heavy atom. The summed E-state index contributed by atoms with van der Waals surface area (Å²) in [5.74, 6) is 1.34. The fourth-order valence-corrected chi connectivity index (χ4v) is 17.9. The molecule has 0 unspecified atom stereocenters. The van der Waals surface area contributed by atoms with Crippen molar-refractivity contribution < 1.29 is 29.6 Å². The van der Waals surface area contributed by atoms with Gasteiger partial charge in [-0.05, 0) is 177 Å². The van der Waals surface area contributed by atoms with Gasteiger partial charge in [0.1, 0.15) is 17.6 Å². The zero-order valence-corrected chi connectivity index (χ0v) is 41.6. The fourth-order valence-electron chi connectivity index (χ4n) is 17.9. The van der Waals surface area contributed by atoms with Crippen molar-refractivity contribution in [3.63, 3.8) is 0 Å². The van der Waals surface area contributed by atoms with E-state index in [2.05, 4.69) is 81.7 Å². The number of carbonyl (C=O) groups is 2. The third-order valence-corrected chi connectivity index (χ3v) is 20.8. The number of rotatable bonds is 13. The monoisotopic (exact) mass is 916 g/mol. The number of hydrogen-bond acceptors (Lipinski definition) is 9. The van der Waals surface area contributed by atoms with Crippen LogP contribution in [-0.4, -0.2) is 70.4 Å². The highest BCUT2D eigenvalue weighted by Crippen LogP contribution is 2.77. The molecule has 8 aliphatic carbocycles. The van der Waals surface area contributed by atoms with Gasteiger partial charge in [-0.2, -0.15) is 0 Å². The molecule has 67 heavy (non-hydrogen) atoms. The van der Waals surface area contributed by atoms with Gasteiger partial charge >= 0.3 is 0 Å². The number of epoxide rings is 1. The molecule has 1 aliphatic heterocycles. The van der Waals surface area contributed by atoms with E-state index in [1.165, 1.54) is 17.6 Å².